The summed E-state index contributed by atoms with van der Waals surface area (Å²) in [4.78, 5) is 11.7. The summed E-state index contributed by atoms with van der Waals surface area (Å²) < 4.78 is 13.0. The molecule has 19 heavy (non-hydrogen) atoms. The third-order valence-electron chi connectivity index (χ3n) is 3.38. The van der Waals surface area contributed by atoms with E-state index in [9.17, 15) is 9.18 Å². The molecule has 1 aliphatic rings. The van der Waals surface area contributed by atoms with Crippen LogP contribution >= 0.6 is 0 Å². The topological polar surface area (TPSA) is 53.2 Å². The smallest absolute Gasteiger partial charge is 0.225 e. The highest BCUT2D eigenvalue weighted by molar-refractivity contribution is 5.90. The number of carbonyl (C=O) groups excluding carboxylic acids is 1. The lowest BCUT2D eigenvalue weighted by Gasteiger charge is -2.24. The van der Waals surface area contributed by atoms with Gasteiger partial charge in [0.05, 0.1) is 0 Å². The van der Waals surface area contributed by atoms with Gasteiger partial charge in [0.1, 0.15) is 5.82 Å². The summed E-state index contributed by atoms with van der Waals surface area (Å²) in [6, 6.07) is 5.92. The number of benzene rings is 1. The Balaban J connectivity index is 1.73. The van der Waals surface area contributed by atoms with Gasteiger partial charge in [0.15, 0.2) is 0 Å². The SMILES string of the molecule is CC1(NCCC(=O)Nc2cccc(F)c2)CCNC1. The van der Waals surface area contributed by atoms with E-state index in [1.54, 1.807) is 12.1 Å². The summed E-state index contributed by atoms with van der Waals surface area (Å²) in [5.74, 6) is -0.451. The molecule has 1 heterocycles. The highest BCUT2D eigenvalue weighted by Gasteiger charge is 2.27. The van der Waals surface area contributed by atoms with Crippen LogP contribution in [0.1, 0.15) is 19.8 Å². The van der Waals surface area contributed by atoms with Crippen LogP contribution in [-0.2, 0) is 4.79 Å². The molecule has 1 aromatic rings. The number of amides is 1. The number of hydrogen-bond donors (Lipinski definition) is 3. The molecule has 0 radical (unpaired) electrons. The molecule has 104 valence electrons. The summed E-state index contributed by atoms with van der Waals surface area (Å²) in [6.07, 6.45) is 1.45. The van der Waals surface area contributed by atoms with Crippen molar-refractivity contribution in [3.05, 3.63) is 30.1 Å². The number of carbonyl (C=O) groups is 1. The Labute approximate surface area is 112 Å². The van der Waals surface area contributed by atoms with Crippen molar-refractivity contribution in [2.75, 3.05) is 25.0 Å². The van der Waals surface area contributed by atoms with E-state index in [4.69, 9.17) is 0 Å². The molecule has 0 bridgehead atoms. The molecule has 5 heteroatoms. The van der Waals surface area contributed by atoms with Gasteiger partial charge in [-0.1, -0.05) is 6.07 Å². The lowest BCUT2D eigenvalue weighted by molar-refractivity contribution is -0.116. The Morgan fingerprint density at radius 1 is 1.53 bits per heavy atom. The molecular weight excluding hydrogens is 245 g/mol. The van der Waals surface area contributed by atoms with E-state index in [2.05, 4.69) is 22.9 Å². The maximum absolute atomic E-state index is 13.0. The Hall–Kier alpha value is -1.46. The van der Waals surface area contributed by atoms with E-state index >= 15 is 0 Å². The van der Waals surface area contributed by atoms with E-state index in [1.165, 1.54) is 12.1 Å². The minimum Gasteiger partial charge on any atom is -0.326 e. The van der Waals surface area contributed by atoms with Crippen LogP contribution in [0, 0.1) is 5.82 Å². The van der Waals surface area contributed by atoms with Crippen molar-refractivity contribution in [3.63, 3.8) is 0 Å². The first-order valence-electron chi connectivity index (χ1n) is 6.59. The first-order valence-corrected chi connectivity index (χ1v) is 6.59. The largest absolute Gasteiger partial charge is 0.326 e. The van der Waals surface area contributed by atoms with Crippen molar-refractivity contribution in [3.8, 4) is 0 Å². The van der Waals surface area contributed by atoms with Crippen molar-refractivity contribution in [2.45, 2.75) is 25.3 Å². The van der Waals surface area contributed by atoms with Crippen LogP contribution in [0.5, 0.6) is 0 Å². The molecule has 0 spiro atoms. The van der Waals surface area contributed by atoms with Gasteiger partial charge in [0.2, 0.25) is 5.91 Å². The lowest BCUT2D eigenvalue weighted by atomic mass is 10.0. The predicted octanol–water partition coefficient (Wildman–Crippen LogP) is 1.50. The summed E-state index contributed by atoms with van der Waals surface area (Å²) in [5.41, 5.74) is 0.581. The monoisotopic (exact) mass is 265 g/mol. The molecule has 1 fully saturated rings. The second kappa shape index (κ2) is 6.12. The summed E-state index contributed by atoms with van der Waals surface area (Å²) in [5, 5.41) is 9.37. The fourth-order valence-electron chi connectivity index (χ4n) is 2.24. The number of rotatable bonds is 5. The van der Waals surface area contributed by atoms with E-state index in [-0.39, 0.29) is 17.3 Å². The molecule has 1 aromatic carbocycles. The highest BCUT2D eigenvalue weighted by Crippen LogP contribution is 2.13. The fourth-order valence-corrected chi connectivity index (χ4v) is 2.24. The van der Waals surface area contributed by atoms with E-state index in [1.807, 2.05) is 0 Å². The molecule has 4 nitrogen and oxygen atoms in total. The van der Waals surface area contributed by atoms with Crippen molar-refractivity contribution < 1.29 is 9.18 Å². The molecule has 0 saturated carbocycles. The number of hydrogen-bond acceptors (Lipinski definition) is 3. The van der Waals surface area contributed by atoms with Crippen molar-refractivity contribution >= 4 is 11.6 Å². The van der Waals surface area contributed by atoms with Crippen LogP contribution in [0.2, 0.25) is 0 Å². The molecule has 1 atom stereocenters. The molecule has 2 rings (SSSR count). The van der Waals surface area contributed by atoms with E-state index in [0.717, 1.165) is 19.5 Å². The van der Waals surface area contributed by atoms with Crippen LogP contribution < -0.4 is 16.0 Å². The number of halogens is 1. The Morgan fingerprint density at radius 2 is 2.37 bits per heavy atom. The summed E-state index contributed by atoms with van der Waals surface area (Å²) in [7, 11) is 0. The van der Waals surface area contributed by atoms with E-state index in [0.29, 0.717) is 18.7 Å². The van der Waals surface area contributed by atoms with Crippen LogP contribution in [0.25, 0.3) is 0 Å². The molecule has 0 aliphatic carbocycles. The second-order valence-corrected chi connectivity index (χ2v) is 5.22. The van der Waals surface area contributed by atoms with Gasteiger partial charge in [-0.25, -0.2) is 4.39 Å². The van der Waals surface area contributed by atoms with Gasteiger partial charge < -0.3 is 16.0 Å². The second-order valence-electron chi connectivity index (χ2n) is 5.22. The van der Waals surface area contributed by atoms with Gasteiger partial charge in [-0.15, -0.1) is 0 Å². The zero-order valence-corrected chi connectivity index (χ0v) is 11.1. The van der Waals surface area contributed by atoms with Crippen LogP contribution in [0.4, 0.5) is 10.1 Å². The van der Waals surface area contributed by atoms with Crippen molar-refractivity contribution in [2.24, 2.45) is 0 Å². The van der Waals surface area contributed by atoms with Crippen molar-refractivity contribution in [1.29, 1.82) is 0 Å². The zero-order valence-electron chi connectivity index (χ0n) is 11.1. The maximum Gasteiger partial charge on any atom is 0.225 e. The predicted molar refractivity (Wildman–Crippen MR) is 73.5 cm³/mol. The summed E-state index contributed by atoms with van der Waals surface area (Å²) in [6.45, 7) is 4.72. The Bertz CT molecular complexity index is 444. The Kier molecular flexibility index (Phi) is 4.50. The summed E-state index contributed by atoms with van der Waals surface area (Å²) >= 11 is 0. The number of anilines is 1. The minimum absolute atomic E-state index is 0.0825. The van der Waals surface area contributed by atoms with Crippen LogP contribution in [-0.4, -0.2) is 31.1 Å². The highest BCUT2D eigenvalue weighted by atomic mass is 19.1. The van der Waals surface area contributed by atoms with Gasteiger partial charge in [-0.2, -0.15) is 0 Å². The Morgan fingerprint density at radius 3 is 3.05 bits per heavy atom. The first-order chi connectivity index (χ1) is 9.07. The van der Waals surface area contributed by atoms with Crippen LogP contribution in [0.15, 0.2) is 24.3 Å². The van der Waals surface area contributed by atoms with Gasteiger partial charge in [0.25, 0.3) is 0 Å². The van der Waals surface area contributed by atoms with Gasteiger partial charge in [0, 0.05) is 30.7 Å². The number of nitrogens with one attached hydrogen (secondary N) is 3. The maximum atomic E-state index is 13.0. The van der Waals surface area contributed by atoms with Crippen LogP contribution in [0.3, 0.4) is 0 Å². The standard InChI is InChI=1S/C14H20FN3O/c1-14(6-8-16-10-14)17-7-5-13(19)18-12-4-2-3-11(15)9-12/h2-4,9,16-17H,5-8,10H2,1H3,(H,18,19). The van der Waals surface area contributed by atoms with E-state index < -0.39 is 0 Å². The molecular formula is C14H20FN3O. The first kappa shape index (κ1) is 14.0. The average Bonchev–Trinajstić information content (AvgIpc) is 2.76. The third kappa shape index (κ3) is 4.29. The minimum atomic E-state index is -0.347. The van der Waals surface area contributed by atoms with Gasteiger partial charge in [-0.3, -0.25) is 4.79 Å². The van der Waals surface area contributed by atoms with Crippen molar-refractivity contribution in [1.82, 2.24) is 10.6 Å². The zero-order chi connectivity index (χ0) is 13.7. The molecule has 1 unspecified atom stereocenters. The van der Waals surface area contributed by atoms with Gasteiger partial charge in [-0.05, 0) is 38.1 Å². The fraction of sp³-hybridized carbons (Fsp3) is 0.500. The average molecular weight is 265 g/mol. The lowest BCUT2D eigenvalue weighted by Crippen LogP contribution is -2.45. The molecule has 1 aliphatic heterocycles. The molecule has 1 saturated heterocycles. The quantitative estimate of drug-likeness (QED) is 0.756. The van der Waals surface area contributed by atoms with Gasteiger partial charge >= 0.3 is 0 Å². The molecule has 0 aromatic heterocycles. The third-order valence-corrected chi connectivity index (χ3v) is 3.38. The molecule has 1 amide bonds. The molecule has 3 N–H and O–H groups in total. The normalized spacial score (nSPS) is 22.4.